The molecule has 0 bridgehead atoms. The monoisotopic (exact) mass is 236 g/mol. The molecule has 0 heterocycles. The van der Waals surface area contributed by atoms with Crippen LogP contribution >= 0.6 is 0 Å². The Kier molecular flexibility index (Phi) is 6.53. The summed E-state index contributed by atoms with van der Waals surface area (Å²) in [7, 11) is 0. The highest BCUT2D eigenvalue weighted by Gasteiger charge is 2.32. The smallest absolute Gasteiger partial charge is 0.399 e. The van der Waals surface area contributed by atoms with Crippen molar-refractivity contribution >= 4 is 5.97 Å². The van der Waals surface area contributed by atoms with Gasteiger partial charge in [-0.2, -0.15) is 13.2 Å². The van der Waals surface area contributed by atoms with Crippen LogP contribution in [0.2, 0.25) is 0 Å². The molecule has 16 heavy (non-hydrogen) atoms. The Morgan fingerprint density at radius 1 is 1.38 bits per heavy atom. The van der Waals surface area contributed by atoms with Gasteiger partial charge in [-0.1, -0.05) is 25.2 Å². The fourth-order valence-corrected chi connectivity index (χ4v) is 1.03. The molecule has 0 atom stereocenters. The average molecular weight is 236 g/mol. The molecule has 0 saturated heterocycles. The van der Waals surface area contributed by atoms with Gasteiger partial charge in [0, 0.05) is 0 Å². The topological polar surface area (TPSA) is 26.3 Å². The third-order valence-corrected chi connectivity index (χ3v) is 1.59. The summed E-state index contributed by atoms with van der Waals surface area (Å²) in [5.41, 5.74) is 0.695. The van der Waals surface area contributed by atoms with Crippen LogP contribution in [-0.2, 0) is 9.53 Å². The van der Waals surface area contributed by atoms with Gasteiger partial charge in [0.25, 0.3) is 0 Å². The van der Waals surface area contributed by atoms with Crippen LogP contribution in [0.3, 0.4) is 0 Å². The first-order valence-electron chi connectivity index (χ1n) is 4.93. The van der Waals surface area contributed by atoms with Crippen LogP contribution in [0.5, 0.6) is 0 Å². The maximum Gasteiger partial charge on any atom is 0.399 e. The van der Waals surface area contributed by atoms with Crippen LogP contribution in [0.1, 0.15) is 26.7 Å². The second kappa shape index (κ2) is 7.09. The number of hydrogen-bond donors (Lipinski definition) is 0. The molecule has 0 aliphatic heterocycles. The van der Waals surface area contributed by atoms with E-state index in [2.05, 4.69) is 4.74 Å². The van der Waals surface area contributed by atoms with Crippen LogP contribution in [0, 0.1) is 0 Å². The lowest BCUT2D eigenvalue weighted by atomic mass is 10.2. The molecule has 0 radical (unpaired) electrons. The summed E-state index contributed by atoms with van der Waals surface area (Å²) in [6.45, 7) is 3.55. The quantitative estimate of drug-likeness (QED) is 0.540. The Bertz CT molecular complexity index is 277. The van der Waals surface area contributed by atoms with Crippen molar-refractivity contribution in [2.24, 2.45) is 0 Å². The molecular weight excluding hydrogens is 221 g/mol. The summed E-state index contributed by atoms with van der Waals surface area (Å²) in [6, 6.07) is 0. The zero-order chi connectivity index (χ0) is 12.6. The van der Waals surface area contributed by atoms with Crippen molar-refractivity contribution in [2.75, 3.05) is 6.61 Å². The molecule has 0 unspecified atom stereocenters. The lowest BCUT2D eigenvalue weighted by Gasteiger charge is -2.07. The summed E-state index contributed by atoms with van der Waals surface area (Å²) in [4.78, 5) is 10.8. The number of esters is 1. The van der Waals surface area contributed by atoms with E-state index in [1.54, 1.807) is 25.2 Å². The lowest BCUT2D eigenvalue weighted by molar-refractivity contribution is -0.170. The number of ether oxygens (including phenoxy) is 1. The van der Waals surface area contributed by atoms with E-state index in [0.29, 0.717) is 5.57 Å². The average Bonchev–Trinajstić information content (AvgIpc) is 2.12. The number of alkyl halides is 3. The van der Waals surface area contributed by atoms with Crippen molar-refractivity contribution in [1.82, 2.24) is 0 Å². The summed E-state index contributed by atoms with van der Waals surface area (Å²) < 4.78 is 39.9. The van der Waals surface area contributed by atoms with Gasteiger partial charge < -0.3 is 4.74 Å². The van der Waals surface area contributed by atoms with Crippen LogP contribution < -0.4 is 0 Å². The molecule has 0 aliphatic rings. The minimum Gasteiger partial charge on any atom is -0.461 e. The van der Waals surface area contributed by atoms with Gasteiger partial charge in [-0.3, -0.25) is 4.79 Å². The van der Waals surface area contributed by atoms with E-state index >= 15 is 0 Å². The van der Waals surface area contributed by atoms with Crippen molar-refractivity contribution in [3.63, 3.8) is 0 Å². The number of allylic oxidation sites excluding steroid dienone is 2. The zero-order valence-electron chi connectivity index (χ0n) is 9.30. The van der Waals surface area contributed by atoms with E-state index in [1.165, 1.54) is 0 Å². The lowest BCUT2D eigenvalue weighted by Crippen LogP contribution is -2.17. The number of rotatable bonds is 5. The fourth-order valence-electron chi connectivity index (χ4n) is 1.03. The summed E-state index contributed by atoms with van der Waals surface area (Å²) in [5.74, 6) is -1.25. The van der Waals surface area contributed by atoms with E-state index in [1.807, 2.05) is 6.92 Å². The third kappa shape index (κ3) is 8.08. The molecule has 0 N–H and O–H groups in total. The van der Waals surface area contributed by atoms with Crippen LogP contribution in [-0.4, -0.2) is 18.8 Å². The highest BCUT2D eigenvalue weighted by atomic mass is 19.4. The van der Waals surface area contributed by atoms with Crippen molar-refractivity contribution in [3.8, 4) is 0 Å². The third-order valence-electron chi connectivity index (χ3n) is 1.59. The SMILES string of the molecule is C/C=C\C(=C/CC)COC(=O)CC(F)(F)F. The number of carbonyl (C=O) groups is 1. The Hall–Kier alpha value is -1.26. The highest BCUT2D eigenvalue weighted by Crippen LogP contribution is 2.20. The molecule has 0 aliphatic carbocycles. The van der Waals surface area contributed by atoms with Gasteiger partial charge in [0.1, 0.15) is 13.0 Å². The molecule has 0 fully saturated rings. The van der Waals surface area contributed by atoms with E-state index in [9.17, 15) is 18.0 Å². The Morgan fingerprint density at radius 2 is 2.00 bits per heavy atom. The minimum absolute atomic E-state index is 0.118. The zero-order valence-corrected chi connectivity index (χ0v) is 9.30. The molecule has 0 aromatic rings. The van der Waals surface area contributed by atoms with Gasteiger partial charge in [0.2, 0.25) is 0 Å². The number of carbonyl (C=O) groups excluding carboxylic acids is 1. The molecule has 0 spiro atoms. The van der Waals surface area contributed by atoms with Crippen molar-refractivity contribution in [2.45, 2.75) is 32.9 Å². The van der Waals surface area contributed by atoms with E-state index < -0.39 is 18.6 Å². The Balaban J connectivity index is 4.12. The molecule has 92 valence electrons. The Labute approximate surface area is 92.8 Å². The first-order chi connectivity index (χ1) is 7.39. The second-order valence-electron chi connectivity index (χ2n) is 3.14. The van der Waals surface area contributed by atoms with Crippen molar-refractivity contribution in [3.05, 3.63) is 23.8 Å². The molecular formula is C11H15F3O2. The van der Waals surface area contributed by atoms with Crippen LogP contribution in [0.25, 0.3) is 0 Å². The van der Waals surface area contributed by atoms with Gasteiger partial charge in [-0.25, -0.2) is 0 Å². The second-order valence-corrected chi connectivity index (χ2v) is 3.14. The van der Waals surface area contributed by atoms with Crippen molar-refractivity contribution in [1.29, 1.82) is 0 Å². The van der Waals surface area contributed by atoms with Crippen LogP contribution in [0.15, 0.2) is 23.8 Å². The van der Waals surface area contributed by atoms with Crippen LogP contribution in [0.4, 0.5) is 13.2 Å². The first-order valence-corrected chi connectivity index (χ1v) is 4.93. The molecule has 0 amide bonds. The largest absolute Gasteiger partial charge is 0.461 e. The Morgan fingerprint density at radius 3 is 2.44 bits per heavy atom. The molecule has 5 heteroatoms. The molecule has 0 aromatic carbocycles. The first kappa shape index (κ1) is 14.7. The standard InChI is InChI=1S/C11H15F3O2/c1-3-5-9(6-4-2)8-16-10(15)7-11(12,13)14/h3,5-6H,4,7-8H2,1-2H3/b5-3-,9-6+. The summed E-state index contributed by atoms with van der Waals surface area (Å²) in [5, 5.41) is 0. The number of halogens is 3. The van der Waals surface area contributed by atoms with Crippen molar-refractivity contribution < 1.29 is 22.7 Å². The number of hydrogen-bond acceptors (Lipinski definition) is 2. The van der Waals surface area contributed by atoms with Gasteiger partial charge in [0.05, 0.1) is 0 Å². The molecule has 2 nitrogen and oxygen atoms in total. The van der Waals surface area contributed by atoms with Gasteiger partial charge in [-0.05, 0) is 18.9 Å². The fraction of sp³-hybridized carbons (Fsp3) is 0.545. The predicted molar refractivity (Wildman–Crippen MR) is 54.8 cm³/mol. The summed E-state index contributed by atoms with van der Waals surface area (Å²) >= 11 is 0. The highest BCUT2D eigenvalue weighted by molar-refractivity contribution is 5.70. The predicted octanol–water partition coefficient (Wildman–Crippen LogP) is 3.39. The maximum absolute atomic E-state index is 11.8. The van der Waals surface area contributed by atoms with E-state index in [-0.39, 0.29) is 6.61 Å². The molecule has 0 aromatic heterocycles. The minimum atomic E-state index is -4.51. The van der Waals surface area contributed by atoms with Gasteiger partial charge in [0.15, 0.2) is 0 Å². The molecule has 0 saturated carbocycles. The maximum atomic E-state index is 11.8. The molecule has 0 rings (SSSR count). The summed E-state index contributed by atoms with van der Waals surface area (Å²) in [6.07, 6.45) is -0.0879. The van der Waals surface area contributed by atoms with E-state index in [4.69, 9.17) is 0 Å². The van der Waals surface area contributed by atoms with E-state index in [0.717, 1.165) is 6.42 Å². The normalized spacial score (nSPS) is 13.2. The van der Waals surface area contributed by atoms with Gasteiger partial charge in [-0.15, -0.1) is 0 Å². The van der Waals surface area contributed by atoms with Gasteiger partial charge >= 0.3 is 12.1 Å².